The SMILES string of the molecule is CCNC1CCCC1CCN1CCN(C)CC1C. The first-order chi connectivity index (χ1) is 8.70. The van der Waals surface area contributed by atoms with Crippen LogP contribution in [-0.2, 0) is 0 Å². The van der Waals surface area contributed by atoms with Crippen molar-refractivity contribution in [2.45, 2.75) is 51.6 Å². The van der Waals surface area contributed by atoms with Gasteiger partial charge in [-0.1, -0.05) is 13.3 Å². The first-order valence-corrected chi connectivity index (χ1v) is 7.86. The fourth-order valence-electron chi connectivity index (χ4n) is 3.75. The Hall–Kier alpha value is -0.120. The van der Waals surface area contributed by atoms with Gasteiger partial charge in [-0.3, -0.25) is 4.90 Å². The molecule has 2 rings (SSSR count). The van der Waals surface area contributed by atoms with Crippen LogP contribution in [0.4, 0.5) is 0 Å². The van der Waals surface area contributed by atoms with Crippen LogP contribution in [0, 0.1) is 5.92 Å². The van der Waals surface area contributed by atoms with Crippen LogP contribution in [0.3, 0.4) is 0 Å². The second-order valence-electron chi connectivity index (χ2n) is 6.29. The molecule has 18 heavy (non-hydrogen) atoms. The van der Waals surface area contributed by atoms with E-state index in [1.807, 2.05) is 0 Å². The van der Waals surface area contributed by atoms with E-state index in [2.05, 4.69) is 36.0 Å². The summed E-state index contributed by atoms with van der Waals surface area (Å²) in [4.78, 5) is 5.15. The monoisotopic (exact) mass is 253 g/mol. The molecule has 2 fully saturated rings. The maximum Gasteiger partial charge on any atom is 0.0195 e. The Kier molecular flexibility index (Phi) is 5.46. The van der Waals surface area contributed by atoms with Crippen LogP contribution in [0.25, 0.3) is 0 Å². The highest BCUT2D eigenvalue weighted by Gasteiger charge is 2.28. The van der Waals surface area contributed by atoms with Gasteiger partial charge in [-0.15, -0.1) is 0 Å². The molecule has 0 radical (unpaired) electrons. The van der Waals surface area contributed by atoms with E-state index in [1.54, 1.807) is 0 Å². The Morgan fingerprint density at radius 2 is 2.06 bits per heavy atom. The summed E-state index contributed by atoms with van der Waals surface area (Å²) in [6.07, 6.45) is 5.67. The minimum atomic E-state index is 0.739. The van der Waals surface area contributed by atoms with Gasteiger partial charge in [0.05, 0.1) is 0 Å². The topological polar surface area (TPSA) is 18.5 Å². The molecule has 1 N–H and O–H groups in total. The summed E-state index contributed by atoms with van der Waals surface area (Å²) >= 11 is 0. The third-order valence-electron chi connectivity index (χ3n) is 4.88. The smallest absolute Gasteiger partial charge is 0.0195 e. The van der Waals surface area contributed by atoms with E-state index < -0.39 is 0 Å². The number of rotatable bonds is 5. The van der Waals surface area contributed by atoms with Gasteiger partial charge in [0.1, 0.15) is 0 Å². The normalized spacial score (nSPS) is 35.2. The molecule has 3 atom stereocenters. The maximum atomic E-state index is 3.67. The number of nitrogens with one attached hydrogen (secondary N) is 1. The Balaban J connectivity index is 1.73. The van der Waals surface area contributed by atoms with Crippen molar-refractivity contribution in [3.8, 4) is 0 Å². The first-order valence-electron chi connectivity index (χ1n) is 7.86. The van der Waals surface area contributed by atoms with Gasteiger partial charge in [0.25, 0.3) is 0 Å². The highest BCUT2D eigenvalue weighted by Crippen LogP contribution is 2.28. The van der Waals surface area contributed by atoms with Gasteiger partial charge in [0.15, 0.2) is 0 Å². The predicted molar refractivity (Wildman–Crippen MR) is 78.0 cm³/mol. The Morgan fingerprint density at radius 3 is 2.78 bits per heavy atom. The number of hydrogen-bond donors (Lipinski definition) is 1. The van der Waals surface area contributed by atoms with E-state index >= 15 is 0 Å². The molecule has 0 spiro atoms. The minimum Gasteiger partial charge on any atom is -0.314 e. The molecule has 1 saturated heterocycles. The summed E-state index contributed by atoms with van der Waals surface area (Å²) in [6, 6.07) is 1.54. The molecule has 0 bridgehead atoms. The largest absolute Gasteiger partial charge is 0.314 e. The molecule has 3 heteroatoms. The van der Waals surface area contributed by atoms with Crippen LogP contribution in [-0.4, -0.2) is 61.7 Å². The van der Waals surface area contributed by atoms with Crippen LogP contribution >= 0.6 is 0 Å². The second-order valence-corrected chi connectivity index (χ2v) is 6.29. The Morgan fingerprint density at radius 1 is 1.22 bits per heavy atom. The van der Waals surface area contributed by atoms with Crippen LogP contribution < -0.4 is 5.32 Å². The molecule has 3 unspecified atom stereocenters. The number of piperazine rings is 1. The predicted octanol–water partition coefficient (Wildman–Crippen LogP) is 1.79. The highest BCUT2D eigenvalue weighted by molar-refractivity contribution is 4.85. The Labute approximate surface area is 113 Å². The molecule has 1 saturated carbocycles. The fourth-order valence-corrected chi connectivity index (χ4v) is 3.75. The van der Waals surface area contributed by atoms with Crippen molar-refractivity contribution in [3.05, 3.63) is 0 Å². The molecule has 1 aliphatic carbocycles. The molecule has 106 valence electrons. The third-order valence-corrected chi connectivity index (χ3v) is 4.88. The number of hydrogen-bond acceptors (Lipinski definition) is 3. The maximum absolute atomic E-state index is 3.67. The van der Waals surface area contributed by atoms with E-state index in [4.69, 9.17) is 0 Å². The quantitative estimate of drug-likeness (QED) is 0.806. The summed E-state index contributed by atoms with van der Waals surface area (Å²) in [5, 5.41) is 3.67. The fraction of sp³-hybridized carbons (Fsp3) is 1.00. The summed E-state index contributed by atoms with van der Waals surface area (Å²) in [6.45, 7) is 10.8. The minimum absolute atomic E-state index is 0.739. The van der Waals surface area contributed by atoms with E-state index in [-0.39, 0.29) is 0 Å². The van der Waals surface area contributed by atoms with E-state index in [0.29, 0.717) is 0 Å². The molecular formula is C15H31N3. The van der Waals surface area contributed by atoms with Gasteiger partial charge < -0.3 is 10.2 Å². The van der Waals surface area contributed by atoms with Crippen molar-refractivity contribution in [2.24, 2.45) is 5.92 Å². The van der Waals surface area contributed by atoms with Crippen LogP contribution in [0.1, 0.15) is 39.5 Å². The molecule has 0 amide bonds. The average Bonchev–Trinajstić information content (AvgIpc) is 2.76. The molecular weight excluding hydrogens is 222 g/mol. The lowest BCUT2D eigenvalue weighted by atomic mass is 9.98. The molecule has 2 aliphatic rings. The zero-order valence-electron chi connectivity index (χ0n) is 12.5. The van der Waals surface area contributed by atoms with Gasteiger partial charge in [-0.25, -0.2) is 0 Å². The molecule has 3 nitrogen and oxygen atoms in total. The van der Waals surface area contributed by atoms with Gasteiger partial charge in [-0.05, 0) is 52.2 Å². The standard InChI is InChI=1S/C15H31N3/c1-4-16-15-7-5-6-14(15)8-9-18-11-10-17(3)12-13(18)2/h13-16H,4-12H2,1-3H3. The molecule has 0 aromatic rings. The van der Waals surface area contributed by atoms with Crippen LogP contribution in [0.15, 0.2) is 0 Å². The van der Waals surface area contributed by atoms with Crippen molar-refractivity contribution >= 4 is 0 Å². The lowest BCUT2D eigenvalue weighted by molar-refractivity contribution is 0.0931. The van der Waals surface area contributed by atoms with Gasteiger partial charge in [0.2, 0.25) is 0 Å². The van der Waals surface area contributed by atoms with E-state index in [1.165, 1.54) is 51.9 Å². The second kappa shape index (κ2) is 6.88. The van der Waals surface area contributed by atoms with E-state index in [0.717, 1.165) is 24.5 Å². The summed E-state index contributed by atoms with van der Waals surface area (Å²) in [5.74, 6) is 0.928. The van der Waals surface area contributed by atoms with Gasteiger partial charge in [-0.2, -0.15) is 0 Å². The number of nitrogens with zero attached hydrogens (tertiary/aromatic N) is 2. The molecule has 0 aromatic carbocycles. The van der Waals surface area contributed by atoms with E-state index in [9.17, 15) is 0 Å². The van der Waals surface area contributed by atoms with Crippen molar-refractivity contribution in [2.75, 3.05) is 39.8 Å². The van der Waals surface area contributed by atoms with Gasteiger partial charge in [0, 0.05) is 31.7 Å². The highest BCUT2D eigenvalue weighted by atomic mass is 15.3. The summed E-state index contributed by atoms with van der Waals surface area (Å²) in [7, 11) is 2.24. The third kappa shape index (κ3) is 3.69. The summed E-state index contributed by atoms with van der Waals surface area (Å²) < 4.78 is 0. The number of likely N-dealkylation sites (N-methyl/N-ethyl adjacent to an activating group) is 1. The van der Waals surface area contributed by atoms with Crippen molar-refractivity contribution in [3.63, 3.8) is 0 Å². The van der Waals surface area contributed by atoms with Crippen molar-refractivity contribution < 1.29 is 0 Å². The molecule has 0 aromatic heterocycles. The van der Waals surface area contributed by atoms with Crippen LogP contribution in [0.5, 0.6) is 0 Å². The average molecular weight is 253 g/mol. The van der Waals surface area contributed by atoms with Crippen LogP contribution in [0.2, 0.25) is 0 Å². The zero-order chi connectivity index (χ0) is 13.0. The lowest BCUT2D eigenvalue weighted by Gasteiger charge is -2.39. The summed E-state index contributed by atoms with van der Waals surface area (Å²) in [5.41, 5.74) is 0. The van der Waals surface area contributed by atoms with Gasteiger partial charge >= 0.3 is 0 Å². The zero-order valence-corrected chi connectivity index (χ0v) is 12.5. The molecule has 1 aliphatic heterocycles. The Bertz CT molecular complexity index is 242. The first kappa shape index (κ1) is 14.3. The van der Waals surface area contributed by atoms with Crippen molar-refractivity contribution in [1.29, 1.82) is 0 Å². The molecule has 1 heterocycles. The van der Waals surface area contributed by atoms with Crippen molar-refractivity contribution in [1.82, 2.24) is 15.1 Å². The lowest BCUT2D eigenvalue weighted by Crippen LogP contribution is -2.51.